The molecule has 2 aliphatic heterocycles. The molecule has 94 valence electrons. The Kier molecular flexibility index (Phi) is 2.69. The lowest BCUT2D eigenvalue weighted by Crippen LogP contribution is -2.42. The molecule has 2 rings (SSSR count). The Balaban J connectivity index is 2.15. The van der Waals surface area contributed by atoms with E-state index in [0.717, 1.165) is 0 Å². The zero-order chi connectivity index (χ0) is 12.8. The normalized spacial score (nSPS) is 28.5. The molecule has 0 bridgehead atoms. The molecule has 2 atom stereocenters. The van der Waals surface area contributed by atoms with Crippen molar-refractivity contribution < 1.29 is 19.1 Å². The van der Waals surface area contributed by atoms with E-state index in [9.17, 15) is 14.4 Å². The van der Waals surface area contributed by atoms with Crippen LogP contribution >= 0.6 is 0 Å². The van der Waals surface area contributed by atoms with E-state index in [1.807, 2.05) is 0 Å². The summed E-state index contributed by atoms with van der Waals surface area (Å²) in [6, 6.07) is 0. The second kappa shape index (κ2) is 3.80. The van der Waals surface area contributed by atoms with Crippen molar-refractivity contribution in [3.05, 3.63) is 0 Å². The quantitative estimate of drug-likeness (QED) is 0.609. The van der Waals surface area contributed by atoms with Crippen molar-refractivity contribution in [2.45, 2.75) is 26.4 Å². The van der Waals surface area contributed by atoms with Gasteiger partial charge in [-0.3, -0.25) is 9.59 Å². The number of likely N-dealkylation sites (tertiary alicyclic amines) is 1. The summed E-state index contributed by atoms with van der Waals surface area (Å²) in [5.41, 5.74) is -0.715. The molecule has 2 aliphatic rings. The molecule has 1 N–H and O–H groups in total. The van der Waals surface area contributed by atoms with Gasteiger partial charge < -0.3 is 10.1 Å². The second-order valence-corrected chi connectivity index (χ2v) is 5.36. The maximum atomic E-state index is 11.9. The van der Waals surface area contributed by atoms with Gasteiger partial charge in [0.1, 0.15) is 5.60 Å². The van der Waals surface area contributed by atoms with Gasteiger partial charge in [0.15, 0.2) is 0 Å². The summed E-state index contributed by atoms with van der Waals surface area (Å²) in [5.74, 6) is -1.71. The molecule has 2 unspecified atom stereocenters. The first-order chi connectivity index (χ1) is 7.81. The fourth-order valence-corrected chi connectivity index (χ4v) is 2.13. The molecule has 2 saturated heterocycles. The van der Waals surface area contributed by atoms with Crippen molar-refractivity contribution >= 4 is 17.9 Å². The lowest BCUT2D eigenvalue weighted by atomic mass is 10.00. The van der Waals surface area contributed by atoms with Crippen molar-refractivity contribution in [1.29, 1.82) is 0 Å². The number of rotatable bonds is 0. The van der Waals surface area contributed by atoms with E-state index in [0.29, 0.717) is 18.0 Å². The molecule has 0 aromatic carbocycles. The number of ether oxygens (including phenoxy) is 1. The van der Waals surface area contributed by atoms with Crippen LogP contribution in [0.5, 0.6) is 0 Å². The van der Waals surface area contributed by atoms with Crippen molar-refractivity contribution in [1.82, 2.24) is 10.2 Å². The minimum atomic E-state index is -0.859. The lowest BCUT2D eigenvalue weighted by Gasteiger charge is -2.22. The van der Waals surface area contributed by atoms with Crippen LogP contribution in [0.3, 0.4) is 0 Å². The van der Waals surface area contributed by atoms with Crippen LogP contribution in [0.2, 0.25) is 0 Å². The third-order valence-electron chi connectivity index (χ3n) is 2.87. The van der Waals surface area contributed by atoms with Crippen molar-refractivity contribution in [3.63, 3.8) is 0 Å². The van der Waals surface area contributed by atoms with Crippen LogP contribution < -0.4 is 5.32 Å². The van der Waals surface area contributed by atoms with E-state index in [4.69, 9.17) is 4.74 Å². The van der Waals surface area contributed by atoms with E-state index >= 15 is 0 Å². The van der Waals surface area contributed by atoms with Crippen molar-refractivity contribution in [3.8, 4) is 0 Å². The number of carbonyl (C=O) groups excluding carboxylic acids is 3. The molecular weight excluding hydrogens is 224 g/mol. The minimum absolute atomic E-state index is 0.407. The Morgan fingerprint density at radius 1 is 1.24 bits per heavy atom. The number of hydrogen-bond donors (Lipinski definition) is 1. The van der Waals surface area contributed by atoms with E-state index < -0.39 is 35.3 Å². The Hall–Kier alpha value is -1.43. The highest BCUT2D eigenvalue weighted by molar-refractivity contribution is 6.16. The number of amides is 3. The third-order valence-corrected chi connectivity index (χ3v) is 2.87. The van der Waals surface area contributed by atoms with Crippen LogP contribution in [0, 0.1) is 11.8 Å². The molecule has 2 fully saturated rings. The highest BCUT2D eigenvalue weighted by Crippen LogP contribution is 2.30. The Morgan fingerprint density at radius 3 is 2.12 bits per heavy atom. The standard InChI is InChI=1S/C11H16N2O4/c1-11(2,3)17-10(16)13-8(14)6-4-12-5-7(6)9(13)15/h6-7,12H,4-5H2,1-3H3. The fourth-order valence-electron chi connectivity index (χ4n) is 2.13. The molecule has 0 spiro atoms. The van der Waals surface area contributed by atoms with Gasteiger partial charge in [0, 0.05) is 13.1 Å². The largest absolute Gasteiger partial charge is 0.443 e. The lowest BCUT2D eigenvalue weighted by molar-refractivity contribution is -0.138. The number of imide groups is 3. The first-order valence-corrected chi connectivity index (χ1v) is 5.63. The monoisotopic (exact) mass is 240 g/mol. The van der Waals surface area contributed by atoms with Crippen LogP contribution in [0.1, 0.15) is 20.8 Å². The number of nitrogens with zero attached hydrogens (tertiary/aromatic N) is 1. The van der Waals surface area contributed by atoms with Gasteiger partial charge in [0.2, 0.25) is 11.8 Å². The van der Waals surface area contributed by atoms with Gasteiger partial charge in [-0.05, 0) is 20.8 Å². The summed E-state index contributed by atoms with van der Waals surface area (Å²) in [7, 11) is 0. The van der Waals surface area contributed by atoms with E-state index in [1.54, 1.807) is 20.8 Å². The van der Waals surface area contributed by atoms with E-state index in [1.165, 1.54) is 0 Å². The highest BCUT2D eigenvalue weighted by atomic mass is 16.6. The molecule has 17 heavy (non-hydrogen) atoms. The molecular formula is C11H16N2O4. The van der Waals surface area contributed by atoms with Crippen LogP contribution in [-0.4, -0.2) is 41.5 Å². The smallest absolute Gasteiger partial charge is 0.424 e. The Bertz CT molecular complexity index is 363. The molecule has 0 radical (unpaired) electrons. The molecule has 3 amide bonds. The molecule has 0 aliphatic carbocycles. The molecule has 0 aromatic heterocycles. The number of carbonyl (C=O) groups is 3. The van der Waals surface area contributed by atoms with Crippen molar-refractivity contribution in [2.24, 2.45) is 11.8 Å². The first kappa shape index (κ1) is 12.0. The molecule has 0 saturated carbocycles. The van der Waals surface area contributed by atoms with Crippen LogP contribution in [0.25, 0.3) is 0 Å². The first-order valence-electron chi connectivity index (χ1n) is 5.63. The van der Waals surface area contributed by atoms with E-state index in [-0.39, 0.29) is 0 Å². The highest BCUT2D eigenvalue weighted by Gasteiger charge is 2.53. The summed E-state index contributed by atoms with van der Waals surface area (Å²) in [4.78, 5) is 36.2. The van der Waals surface area contributed by atoms with Gasteiger partial charge >= 0.3 is 6.09 Å². The van der Waals surface area contributed by atoms with Gasteiger partial charge in [-0.25, -0.2) is 4.79 Å². The molecule has 6 nitrogen and oxygen atoms in total. The van der Waals surface area contributed by atoms with Gasteiger partial charge in [0.25, 0.3) is 0 Å². The summed E-state index contributed by atoms with van der Waals surface area (Å²) < 4.78 is 5.05. The van der Waals surface area contributed by atoms with Gasteiger partial charge in [-0.15, -0.1) is 0 Å². The third kappa shape index (κ3) is 2.04. The molecule has 6 heteroatoms. The van der Waals surface area contributed by atoms with Gasteiger partial charge in [-0.2, -0.15) is 4.90 Å². The fraction of sp³-hybridized carbons (Fsp3) is 0.727. The average molecular weight is 240 g/mol. The summed E-state index contributed by atoms with van der Waals surface area (Å²) in [6.45, 7) is 5.98. The predicted octanol–water partition coefficient (Wildman–Crippen LogP) is 0.126. The van der Waals surface area contributed by atoms with Crippen molar-refractivity contribution in [2.75, 3.05) is 13.1 Å². The van der Waals surface area contributed by atoms with Crippen LogP contribution in [-0.2, 0) is 14.3 Å². The minimum Gasteiger partial charge on any atom is -0.443 e. The Labute approximate surface area is 99.3 Å². The number of fused-ring (bicyclic) bond motifs is 1. The van der Waals surface area contributed by atoms with Gasteiger partial charge in [0.05, 0.1) is 11.8 Å². The number of nitrogens with one attached hydrogen (secondary N) is 1. The van der Waals surface area contributed by atoms with E-state index in [2.05, 4.69) is 5.32 Å². The summed E-state index contributed by atoms with van der Waals surface area (Å²) in [6.07, 6.45) is -0.859. The number of hydrogen-bond acceptors (Lipinski definition) is 5. The Morgan fingerprint density at radius 2 is 1.71 bits per heavy atom. The zero-order valence-corrected chi connectivity index (χ0v) is 10.1. The summed E-state index contributed by atoms with van der Waals surface area (Å²) in [5, 5.41) is 2.97. The van der Waals surface area contributed by atoms with Crippen LogP contribution in [0.4, 0.5) is 4.79 Å². The SMILES string of the molecule is CC(C)(C)OC(=O)N1C(=O)C2CNCC2C1=O. The second-order valence-electron chi connectivity index (χ2n) is 5.36. The topological polar surface area (TPSA) is 75.7 Å². The maximum absolute atomic E-state index is 11.9. The predicted molar refractivity (Wildman–Crippen MR) is 57.9 cm³/mol. The zero-order valence-electron chi connectivity index (χ0n) is 10.1. The average Bonchev–Trinajstić information content (AvgIpc) is 2.68. The molecule has 2 heterocycles. The maximum Gasteiger partial charge on any atom is 0.424 e. The van der Waals surface area contributed by atoms with Gasteiger partial charge in [-0.1, -0.05) is 0 Å². The van der Waals surface area contributed by atoms with Crippen LogP contribution in [0.15, 0.2) is 0 Å². The molecule has 0 aromatic rings. The summed E-state index contributed by atoms with van der Waals surface area (Å²) >= 11 is 0.